The molecule has 1 aromatic heterocycles. The third-order valence-corrected chi connectivity index (χ3v) is 7.38. The Labute approximate surface area is 145 Å². The molecule has 0 radical (unpaired) electrons. The van der Waals surface area contributed by atoms with Crippen molar-refractivity contribution in [3.63, 3.8) is 0 Å². The number of fused-ring (bicyclic) bond motifs is 4. The molecule has 4 heterocycles. The van der Waals surface area contributed by atoms with Gasteiger partial charge in [-0.25, -0.2) is 0 Å². The van der Waals surface area contributed by atoms with Crippen LogP contribution in [0.3, 0.4) is 0 Å². The highest BCUT2D eigenvalue weighted by molar-refractivity contribution is 5.86. The van der Waals surface area contributed by atoms with Gasteiger partial charge in [0, 0.05) is 48.7 Å². The maximum Gasteiger partial charge on any atom is 0.0483 e. The Hall–Kier alpha value is -1.28. The third-order valence-electron chi connectivity index (χ3n) is 7.38. The van der Waals surface area contributed by atoms with Crippen LogP contribution in [0.25, 0.3) is 10.9 Å². The third kappa shape index (κ3) is 1.92. The molecule has 4 aliphatic rings. The van der Waals surface area contributed by atoms with Crippen LogP contribution in [0.4, 0.5) is 0 Å². The second-order valence-corrected chi connectivity index (χ2v) is 8.48. The minimum Gasteiger partial charge on any atom is -0.347 e. The second kappa shape index (κ2) is 5.36. The van der Waals surface area contributed by atoms with Gasteiger partial charge in [-0.15, -0.1) is 0 Å². The van der Waals surface area contributed by atoms with Crippen molar-refractivity contribution in [2.45, 2.75) is 57.9 Å². The molecule has 0 amide bonds. The van der Waals surface area contributed by atoms with E-state index in [1.165, 1.54) is 49.9 Å². The van der Waals surface area contributed by atoms with Crippen LogP contribution in [0.15, 0.2) is 18.2 Å². The summed E-state index contributed by atoms with van der Waals surface area (Å²) < 4.78 is 2.56. The highest BCUT2D eigenvalue weighted by Crippen LogP contribution is 2.51. The summed E-state index contributed by atoms with van der Waals surface area (Å²) in [4.78, 5) is 2.87. The average Bonchev–Trinajstić information content (AvgIpc) is 2.83. The molecule has 5 atom stereocenters. The first-order valence-corrected chi connectivity index (χ1v) is 10.0. The van der Waals surface area contributed by atoms with Crippen LogP contribution >= 0.6 is 0 Å². The van der Waals surface area contributed by atoms with Crippen molar-refractivity contribution in [3.8, 4) is 0 Å². The molecule has 1 saturated carbocycles. The maximum atomic E-state index is 2.87. The molecule has 128 valence electrons. The van der Waals surface area contributed by atoms with Gasteiger partial charge in [-0.3, -0.25) is 4.90 Å². The molecule has 1 aromatic carbocycles. The van der Waals surface area contributed by atoms with Gasteiger partial charge in [0.05, 0.1) is 0 Å². The van der Waals surface area contributed by atoms with Crippen molar-refractivity contribution in [3.05, 3.63) is 35.0 Å². The molecule has 3 aliphatic heterocycles. The van der Waals surface area contributed by atoms with Gasteiger partial charge in [0.2, 0.25) is 0 Å². The Balaban J connectivity index is 1.71. The van der Waals surface area contributed by atoms with E-state index in [2.05, 4.69) is 48.6 Å². The Morgan fingerprint density at radius 2 is 2.04 bits per heavy atom. The van der Waals surface area contributed by atoms with Crippen molar-refractivity contribution in [2.24, 2.45) is 18.9 Å². The Morgan fingerprint density at radius 3 is 2.83 bits per heavy atom. The number of hydrogen-bond acceptors (Lipinski definition) is 1. The second-order valence-electron chi connectivity index (χ2n) is 8.48. The fourth-order valence-corrected chi connectivity index (χ4v) is 6.37. The minimum atomic E-state index is 0.766. The zero-order valence-electron chi connectivity index (χ0n) is 15.4. The molecule has 1 unspecified atom stereocenters. The monoisotopic (exact) mass is 322 g/mol. The molecular weight excluding hydrogens is 292 g/mol. The Kier molecular flexibility index (Phi) is 3.35. The molecule has 4 bridgehead atoms. The van der Waals surface area contributed by atoms with Gasteiger partial charge in [-0.2, -0.15) is 0 Å². The van der Waals surface area contributed by atoms with E-state index in [1.54, 1.807) is 16.6 Å². The van der Waals surface area contributed by atoms with Crippen LogP contribution < -0.4 is 0 Å². The lowest BCUT2D eigenvalue weighted by Gasteiger charge is -2.53. The van der Waals surface area contributed by atoms with Crippen LogP contribution in [-0.4, -0.2) is 28.6 Å². The first-order valence-electron chi connectivity index (χ1n) is 10.0. The fourth-order valence-electron chi connectivity index (χ4n) is 6.37. The molecule has 24 heavy (non-hydrogen) atoms. The van der Waals surface area contributed by atoms with Crippen LogP contribution in [0.2, 0.25) is 0 Å². The van der Waals surface area contributed by atoms with Gasteiger partial charge in [-0.05, 0) is 60.8 Å². The van der Waals surface area contributed by atoms with Gasteiger partial charge in [-0.1, -0.05) is 26.3 Å². The summed E-state index contributed by atoms with van der Waals surface area (Å²) in [6.45, 7) is 7.32. The Morgan fingerprint density at radius 1 is 1.17 bits per heavy atom. The number of piperidine rings is 2. The molecule has 2 aromatic rings. The number of aryl methyl sites for hydroxylation is 2. The standard InChI is InChI=1S/C22H30N2/c1-4-14-6-7-20-18(11-14)17-8-9-24-13-15-10-16(5-2)21(24)19(12-15)22(17)23(20)3/h6-7,11,15-16,19,21H,4-5,8-10,12-13H2,1-3H3/t15-,16+,19-,21+/m1/s1. The maximum absolute atomic E-state index is 2.87. The summed E-state index contributed by atoms with van der Waals surface area (Å²) in [5.74, 6) is 2.61. The van der Waals surface area contributed by atoms with E-state index in [1.807, 2.05) is 0 Å². The van der Waals surface area contributed by atoms with Crippen molar-refractivity contribution in [1.82, 2.24) is 9.47 Å². The van der Waals surface area contributed by atoms with Crippen LogP contribution in [0, 0.1) is 11.8 Å². The molecule has 2 nitrogen and oxygen atoms in total. The van der Waals surface area contributed by atoms with Gasteiger partial charge in [0.15, 0.2) is 0 Å². The van der Waals surface area contributed by atoms with Crippen molar-refractivity contribution in [1.29, 1.82) is 0 Å². The first kappa shape index (κ1) is 15.0. The smallest absolute Gasteiger partial charge is 0.0483 e. The lowest BCUT2D eigenvalue weighted by atomic mass is 9.65. The summed E-state index contributed by atoms with van der Waals surface area (Å²) >= 11 is 0. The van der Waals surface area contributed by atoms with E-state index in [0.717, 1.165) is 30.2 Å². The zero-order valence-corrected chi connectivity index (χ0v) is 15.4. The topological polar surface area (TPSA) is 8.17 Å². The van der Waals surface area contributed by atoms with E-state index < -0.39 is 0 Å². The zero-order chi connectivity index (χ0) is 16.4. The minimum absolute atomic E-state index is 0.766. The van der Waals surface area contributed by atoms with Gasteiger partial charge in [0.25, 0.3) is 0 Å². The Bertz CT molecular complexity index is 787. The predicted molar refractivity (Wildman–Crippen MR) is 101 cm³/mol. The molecule has 0 spiro atoms. The molecule has 3 fully saturated rings. The number of hydrogen-bond donors (Lipinski definition) is 0. The van der Waals surface area contributed by atoms with E-state index in [9.17, 15) is 0 Å². The summed E-state index contributed by atoms with van der Waals surface area (Å²) in [5.41, 5.74) is 6.31. The van der Waals surface area contributed by atoms with Crippen molar-refractivity contribution in [2.75, 3.05) is 13.1 Å². The average molecular weight is 322 g/mol. The SMILES string of the molecule is CCc1ccc2c(c1)c1c(n2C)[C@@H]2C[C@H]3C[C@H](CC)[C@@H]2N(CC1)C3. The van der Waals surface area contributed by atoms with Crippen LogP contribution in [0.1, 0.15) is 55.8 Å². The van der Waals surface area contributed by atoms with E-state index in [-0.39, 0.29) is 0 Å². The first-order chi connectivity index (χ1) is 11.7. The summed E-state index contributed by atoms with van der Waals surface area (Å²) in [6, 6.07) is 7.98. The van der Waals surface area contributed by atoms with Crippen LogP contribution in [-0.2, 0) is 19.9 Å². The van der Waals surface area contributed by atoms with Crippen LogP contribution in [0.5, 0.6) is 0 Å². The van der Waals surface area contributed by atoms with Crippen molar-refractivity contribution < 1.29 is 0 Å². The lowest BCUT2D eigenvalue weighted by molar-refractivity contribution is -0.0140. The highest BCUT2D eigenvalue weighted by atomic mass is 15.2. The summed E-state index contributed by atoms with van der Waals surface area (Å²) in [7, 11) is 2.33. The molecule has 1 aliphatic carbocycles. The molecule has 0 N–H and O–H groups in total. The summed E-state index contributed by atoms with van der Waals surface area (Å²) in [5, 5.41) is 1.55. The van der Waals surface area contributed by atoms with E-state index >= 15 is 0 Å². The molecule has 6 rings (SSSR count). The molecule has 2 saturated heterocycles. The number of rotatable bonds is 2. The van der Waals surface area contributed by atoms with E-state index in [4.69, 9.17) is 0 Å². The predicted octanol–water partition coefficient (Wildman–Crippen LogP) is 4.50. The lowest BCUT2D eigenvalue weighted by Crippen LogP contribution is -2.56. The number of aromatic nitrogens is 1. The largest absolute Gasteiger partial charge is 0.347 e. The normalized spacial score (nSPS) is 34.4. The molecular formula is C22H30N2. The number of benzene rings is 1. The number of nitrogens with zero attached hydrogens (tertiary/aromatic N) is 2. The van der Waals surface area contributed by atoms with Gasteiger partial charge < -0.3 is 4.57 Å². The van der Waals surface area contributed by atoms with Gasteiger partial charge in [0.1, 0.15) is 0 Å². The summed E-state index contributed by atoms with van der Waals surface area (Å²) in [6.07, 6.45) is 6.64. The fraction of sp³-hybridized carbons (Fsp3) is 0.636. The van der Waals surface area contributed by atoms with Gasteiger partial charge >= 0.3 is 0 Å². The van der Waals surface area contributed by atoms with Crippen molar-refractivity contribution >= 4 is 10.9 Å². The highest BCUT2D eigenvalue weighted by Gasteiger charge is 2.49. The van der Waals surface area contributed by atoms with E-state index in [0.29, 0.717) is 0 Å². The molecule has 2 heteroatoms. The quantitative estimate of drug-likeness (QED) is 0.790.